The van der Waals surface area contributed by atoms with Crippen LogP contribution in [0.25, 0.3) is 11.1 Å². The summed E-state index contributed by atoms with van der Waals surface area (Å²) in [7, 11) is 0. The number of halogens is 3. The van der Waals surface area contributed by atoms with Gasteiger partial charge in [-0.3, -0.25) is 9.89 Å². The predicted octanol–water partition coefficient (Wildman–Crippen LogP) is 4.44. The van der Waals surface area contributed by atoms with Crippen molar-refractivity contribution in [2.75, 3.05) is 11.9 Å². The number of aryl methyl sites for hydroxylation is 1. The van der Waals surface area contributed by atoms with Crippen LogP contribution in [0.2, 0.25) is 0 Å². The number of carbonyl (C=O) groups excluding carboxylic acids is 1. The fraction of sp³-hybridized carbons (Fsp3) is 0.111. The molecule has 3 aromatic rings. The molecule has 3 rings (SSSR count). The molecule has 0 aliphatic rings. The molecule has 0 saturated carbocycles. The quantitative estimate of drug-likeness (QED) is 0.639. The van der Waals surface area contributed by atoms with Crippen LogP contribution in [-0.2, 0) is 4.79 Å². The minimum Gasteiger partial charge on any atom is -0.484 e. The molecule has 5 nitrogen and oxygen atoms in total. The third-order valence-corrected chi connectivity index (χ3v) is 4.13. The Kier molecular flexibility index (Phi) is 5.32. The number of aromatic amines is 1. The lowest BCUT2D eigenvalue weighted by Gasteiger charge is -2.08. The zero-order valence-corrected chi connectivity index (χ0v) is 15.2. The first kappa shape index (κ1) is 18.1. The fourth-order valence-electron chi connectivity index (χ4n) is 2.37. The number of anilines is 1. The van der Waals surface area contributed by atoms with E-state index in [1.54, 1.807) is 0 Å². The van der Waals surface area contributed by atoms with Crippen LogP contribution in [0.15, 0.2) is 46.9 Å². The molecule has 2 N–H and O–H groups in total. The summed E-state index contributed by atoms with van der Waals surface area (Å²) in [5.41, 5.74) is 2.44. The largest absolute Gasteiger partial charge is 0.484 e. The SMILES string of the molecule is Cc1[nH]nc(NC(=O)COc2ccc(F)c(F)c2)c1-c1ccc(Br)cc1. The Morgan fingerprint density at radius 2 is 1.92 bits per heavy atom. The second kappa shape index (κ2) is 7.65. The van der Waals surface area contributed by atoms with Crippen molar-refractivity contribution in [1.82, 2.24) is 10.2 Å². The van der Waals surface area contributed by atoms with Gasteiger partial charge in [-0.05, 0) is 36.8 Å². The van der Waals surface area contributed by atoms with Crippen molar-refractivity contribution in [3.05, 3.63) is 64.3 Å². The van der Waals surface area contributed by atoms with E-state index in [2.05, 4.69) is 31.4 Å². The first-order valence-corrected chi connectivity index (χ1v) is 8.42. The molecule has 0 unspecified atom stereocenters. The molecule has 0 saturated heterocycles. The number of amides is 1. The Morgan fingerprint density at radius 3 is 2.62 bits per heavy atom. The van der Waals surface area contributed by atoms with Crippen LogP contribution in [0.5, 0.6) is 5.75 Å². The van der Waals surface area contributed by atoms with Crippen molar-refractivity contribution in [2.45, 2.75) is 6.92 Å². The molecule has 0 bridgehead atoms. The van der Waals surface area contributed by atoms with Crippen molar-refractivity contribution in [1.29, 1.82) is 0 Å². The van der Waals surface area contributed by atoms with Crippen LogP contribution in [0.3, 0.4) is 0 Å². The van der Waals surface area contributed by atoms with Crippen LogP contribution < -0.4 is 10.1 Å². The third kappa shape index (κ3) is 4.08. The van der Waals surface area contributed by atoms with Gasteiger partial charge in [0.2, 0.25) is 0 Å². The average molecular weight is 422 g/mol. The Labute approximate surface area is 156 Å². The number of nitrogens with zero attached hydrogens (tertiary/aromatic N) is 1. The van der Waals surface area contributed by atoms with E-state index in [0.29, 0.717) is 5.82 Å². The second-order valence-electron chi connectivity index (χ2n) is 5.49. The molecule has 26 heavy (non-hydrogen) atoms. The molecule has 0 spiro atoms. The van der Waals surface area contributed by atoms with Crippen LogP contribution in [0, 0.1) is 18.6 Å². The maximum Gasteiger partial charge on any atom is 0.263 e. The lowest BCUT2D eigenvalue weighted by atomic mass is 10.1. The van der Waals surface area contributed by atoms with Crippen LogP contribution in [-0.4, -0.2) is 22.7 Å². The lowest BCUT2D eigenvalue weighted by Crippen LogP contribution is -2.20. The molecular formula is C18H14BrF2N3O2. The molecule has 134 valence electrons. The van der Waals surface area contributed by atoms with E-state index in [0.717, 1.165) is 33.4 Å². The highest BCUT2D eigenvalue weighted by molar-refractivity contribution is 9.10. The van der Waals surface area contributed by atoms with Crippen molar-refractivity contribution < 1.29 is 18.3 Å². The average Bonchev–Trinajstić information content (AvgIpc) is 2.97. The van der Waals surface area contributed by atoms with E-state index >= 15 is 0 Å². The molecule has 1 aromatic heterocycles. The Morgan fingerprint density at radius 1 is 1.19 bits per heavy atom. The number of carbonyl (C=O) groups is 1. The number of aromatic nitrogens is 2. The van der Waals surface area contributed by atoms with Crippen molar-refractivity contribution in [3.8, 4) is 16.9 Å². The monoisotopic (exact) mass is 421 g/mol. The zero-order chi connectivity index (χ0) is 18.7. The lowest BCUT2D eigenvalue weighted by molar-refractivity contribution is -0.118. The van der Waals surface area contributed by atoms with Crippen molar-refractivity contribution >= 4 is 27.7 Å². The first-order chi connectivity index (χ1) is 12.4. The van der Waals surface area contributed by atoms with E-state index in [1.165, 1.54) is 6.07 Å². The fourth-order valence-corrected chi connectivity index (χ4v) is 2.64. The van der Waals surface area contributed by atoms with E-state index in [9.17, 15) is 13.6 Å². The number of ether oxygens (including phenoxy) is 1. The van der Waals surface area contributed by atoms with E-state index in [-0.39, 0.29) is 12.4 Å². The molecule has 1 heterocycles. The highest BCUT2D eigenvalue weighted by atomic mass is 79.9. The van der Waals surface area contributed by atoms with Gasteiger partial charge in [-0.25, -0.2) is 8.78 Å². The van der Waals surface area contributed by atoms with Gasteiger partial charge < -0.3 is 10.1 Å². The van der Waals surface area contributed by atoms with Gasteiger partial charge in [0.15, 0.2) is 24.1 Å². The Hall–Kier alpha value is -2.74. The molecule has 0 radical (unpaired) electrons. The third-order valence-electron chi connectivity index (χ3n) is 3.60. The molecule has 0 fully saturated rings. The van der Waals surface area contributed by atoms with Crippen LogP contribution >= 0.6 is 15.9 Å². The summed E-state index contributed by atoms with van der Waals surface area (Å²) >= 11 is 3.38. The predicted molar refractivity (Wildman–Crippen MR) is 96.9 cm³/mol. The van der Waals surface area contributed by atoms with E-state index in [4.69, 9.17) is 4.74 Å². The summed E-state index contributed by atoms with van der Waals surface area (Å²) < 4.78 is 32.2. The smallest absolute Gasteiger partial charge is 0.263 e. The number of hydrogen-bond acceptors (Lipinski definition) is 3. The maximum absolute atomic E-state index is 13.1. The van der Waals surface area contributed by atoms with Crippen molar-refractivity contribution in [3.63, 3.8) is 0 Å². The van der Waals surface area contributed by atoms with Gasteiger partial charge >= 0.3 is 0 Å². The normalized spacial score (nSPS) is 10.6. The topological polar surface area (TPSA) is 67.0 Å². The number of benzene rings is 2. The number of nitrogens with one attached hydrogen (secondary N) is 2. The molecule has 0 atom stereocenters. The summed E-state index contributed by atoms with van der Waals surface area (Å²) in [6.45, 7) is 1.48. The van der Waals surface area contributed by atoms with E-state index in [1.807, 2.05) is 31.2 Å². The maximum atomic E-state index is 13.1. The van der Waals surface area contributed by atoms with Gasteiger partial charge in [-0.1, -0.05) is 28.1 Å². The highest BCUT2D eigenvalue weighted by Gasteiger charge is 2.15. The van der Waals surface area contributed by atoms with Gasteiger partial charge in [0.1, 0.15) is 5.75 Å². The molecule has 8 heteroatoms. The van der Waals surface area contributed by atoms with Gasteiger partial charge in [-0.2, -0.15) is 5.10 Å². The van der Waals surface area contributed by atoms with Crippen LogP contribution in [0.4, 0.5) is 14.6 Å². The minimum atomic E-state index is -1.04. The van der Waals surface area contributed by atoms with Gasteiger partial charge in [0, 0.05) is 21.8 Å². The molecule has 0 aliphatic heterocycles. The molecule has 0 aliphatic carbocycles. The second-order valence-corrected chi connectivity index (χ2v) is 6.41. The highest BCUT2D eigenvalue weighted by Crippen LogP contribution is 2.30. The summed E-state index contributed by atoms with van der Waals surface area (Å²) in [6, 6.07) is 10.6. The standard InChI is InChI=1S/C18H14BrF2N3O2/c1-10-17(11-2-4-12(19)5-3-11)18(24-23-10)22-16(25)9-26-13-6-7-14(20)15(21)8-13/h2-8H,9H2,1H3,(H2,22,23,24,25). The van der Waals surface area contributed by atoms with Gasteiger partial charge in [0.25, 0.3) is 5.91 Å². The zero-order valence-electron chi connectivity index (χ0n) is 13.6. The number of rotatable bonds is 5. The molecular weight excluding hydrogens is 408 g/mol. The number of hydrogen-bond donors (Lipinski definition) is 2. The Bertz CT molecular complexity index is 942. The van der Waals surface area contributed by atoms with E-state index < -0.39 is 17.5 Å². The van der Waals surface area contributed by atoms with Gasteiger partial charge in [0.05, 0.1) is 0 Å². The van der Waals surface area contributed by atoms with Crippen molar-refractivity contribution in [2.24, 2.45) is 0 Å². The Balaban J connectivity index is 1.70. The summed E-state index contributed by atoms with van der Waals surface area (Å²) in [6.07, 6.45) is 0. The number of H-pyrrole nitrogens is 1. The summed E-state index contributed by atoms with van der Waals surface area (Å²) in [4.78, 5) is 12.1. The summed E-state index contributed by atoms with van der Waals surface area (Å²) in [5.74, 6) is -2.06. The molecule has 2 aromatic carbocycles. The summed E-state index contributed by atoms with van der Waals surface area (Å²) in [5, 5.41) is 9.59. The molecule has 1 amide bonds. The minimum absolute atomic E-state index is 0.0605. The van der Waals surface area contributed by atoms with Crippen LogP contribution in [0.1, 0.15) is 5.69 Å². The van der Waals surface area contributed by atoms with Gasteiger partial charge in [-0.15, -0.1) is 0 Å². The first-order valence-electron chi connectivity index (χ1n) is 7.62.